The third kappa shape index (κ3) is 4.33. The van der Waals surface area contributed by atoms with Crippen LogP contribution in [0.3, 0.4) is 0 Å². The normalized spacial score (nSPS) is 17.9. The number of aryl methyl sites for hydroxylation is 1. The van der Waals surface area contributed by atoms with Gasteiger partial charge < -0.3 is 14.6 Å². The number of hydrogen-bond donors (Lipinski definition) is 1. The molecule has 0 bridgehead atoms. The Bertz CT molecular complexity index is 810. The largest absolute Gasteiger partial charge is 0.367 e. The third-order valence-electron chi connectivity index (χ3n) is 5.38. The van der Waals surface area contributed by atoms with Gasteiger partial charge in [-0.2, -0.15) is 0 Å². The monoisotopic (exact) mass is 376 g/mol. The number of benzene rings is 2. The summed E-state index contributed by atoms with van der Waals surface area (Å²) < 4.78 is 8.54. The molecule has 28 heavy (non-hydrogen) atoms. The van der Waals surface area contributed by atoms with E-state index < -0.39 is 0 Å². The quantitative estimate of drug-likeness (QED) is 0.688. The van der Waals surface area contributed by atoms with Gasteiger partial charge in [0.15, 0.2) is 0 Å². The molecule has 1 aromatic heterocycles. The zero-order chi connectivity index (χ0) is 19.2. The molecule has 5 nitrogen and oxygen atoms in total. The summed E-state index contributed by atoms with van der Waals surface area (Å²) in [6, 6.07) is 21.2. The van der Waals surface area contributed by atoms with E-state index in [-0.39, 0.29) is 12.1 Å². The Morgan fingerprint density at radius 1 is 1.07 bits per heavy atom. The predicted octanol–water partition coefficient (Wildman–Crippen LogP) is 3.17. The average Bonchev–Trinajstić information content (AvgIpc) is 3.18. The summed E-state index contributed by atoms with van der Waals surface area (Å²) in [5.74, 6) is 1.11. The minimum absolute atomic E-state index is 0.0445. The van der Waals surface area contributed by atoms with Crippen molar-refractivity contribution >= 4 is 0 Å². The van der Waals surface area contributed by atoms with Crippen molar-refractivity contribution in [3.63, 3.8) is 0 Å². The molecule has 1 saturated heterocycles. The van der Waals surface area contributed by atoms with Gasteiger partial charge in [-0.05, 0) is 11.1 Å². The van der Waals surface area contributed by atoms with Crippen LogP contribution in [0.2, 0.25) is 0 Å². The number of ether oxygens (including phenoxy) is 1. The topological polar surface area (TPSA) is 42.3 Å². The lowest BCUT2D eigenvalue weighted by atomic mass is 10.0. The van der Waals surface area contributed by atoms with Crippen LogP contribution in [0.5, 0.6) is 0 Å². The highest BCUT2D eigenvalue weighted by molar-refractivity contribution is 5.29. The van der Waals surface area contributed by atoms with Crippen LogP contribution in [0.25, 0.3) is 0 Å². The van der Waals surface area contributed by atoms with Gasteiger partial charge in [-0.1, -0.05) is 60.7 Å². The lowest BCUT2D eigenvalue weighted by molar-refractivity contribution is 0.0417. The van der Waals surface area contributed by atoms with E-state index in [2.05, 4.69) is 75.3 Å². The highest BCUT2D eigenvalue weighted by Gasteiger charge is 2.26. The Morgan fingerprint density at radius 3 is 2.36 bits per heavy atom. The first-order valence-electron chi connectivity index (χ1n) is 9.96. The Balaban J connectivity index is 1.45. The van der Waals surface area contributed by atoms with E-state index >= 15 is 0 Å². The number of nitrogens with one attached hydrogen (secondary N) is 1. The number of hydrogen-bond acceptors (Lipinski definition) is 4. The average molecular weight is 377 g/mol. The summed E-state index contributed by atoms with van der Waals surface area (Å²) >= 11 is 0. The summed E-state index contributed by atoms with van der Waals surface area (Å²) in [5.41, 5.74) is 2.38. The van der Waals surface area contributed by atoms with Gasteiger partial charge in [-0.3, -0.25) is 4.90 Å². The molecular weight excluding hydrogens is 348 g/mol. The first-order chi connectivity index (χ1) is 13.8. The molecule has 1 fully saturated rings. The molecule has 146 valence electrons. The minimum atomic E-state index is -0.0445. The first-order valence-corrected chi connectivity index (χ1v) is 9.96. The zero-order valence-electron chi connectivity index (χ0n) is 16.4. The van der Waals surface area contributed by atoms with Gasteiger partial charge in [0.05, 0.1) is 12.6 Å². The standard InChI is InChI=1S/C23H28N4O/c1-26-14-13-25-23(26)21-18-24-12-15-27(21)16-17-28-22(19-8-4-2-5-9-19)20-10-6-3-7-11-20/h2-11,13-14,21-22,24H,12,15-18H2,1H3. The van der Waals surface area contributed by atoms with Crippen LogP contribution in [0, 0.1) is 0 Å². The summed E-state index contributed by atoms with van der Waals surface area (Å²) in [4.78, 5) is 7.05. The van der Waals surface area contributed by atoms with Gasteiger partial charge in [0, 0.05) is 45.6 Å². The number of rotatable bonds is 7. The van der Waals surface area contributed by atoms with E-state index in [9.17, 15) is 0 Å². The summed E-state index contributed by atoms with van der Waals surface area (Å²) in [6.45, 7) is 4.49. The van der Waals surface area contributed by atoms with Crippen molar-refractivity contribution in [3.05, 3.63) is 90.0 Å². The minimum Gasteiger partial charge on any atom is -0.367 e. The van der Waals surface area contributed by atoms with Crippen molar-refractivity contribution in [3.8, 4) is 0 Å². The molecule has 1 N–H and O–H groups in total. The van der Waals surface area contributed by atoms with Crippen molar-refractivity contribution in [1.29, 1.82) is 0 Å². The Labute approximate surface area is 167 Å². The molecule has 1 atom stereocenters. The summed E-state index contributed by atoms with van der Waals surface area (Å²) in [7, 11) is 2.06. The maximum absolute atomic E-state index is 6.42. The Hall–Kier alpha value is -2.47. The highest BCUT2D eigenvalue weighted by atomic mass is 16.5. The molecule has 5 heteroatoms. The maximum atomic E-state index is 6.42. The number of imidazole rings is 1. The van der Waals surface area contributed by atoms with Crippen molar-refractivity contribution < 1.29 is 4.74 Å². The van der Waals surface area contributed by atoms with Crippen molar-refractivity contribution in [2.75, 3.05) is 32.8 Å². The fourth-order valence-electron chi connectivity index (χ4n) is 3.90. The van der Waals surface area contributed by atoms with E-state index in [4.69, 9.17) is 4.74 Å². The first kappa shape index (κ1) is 18.9. The number of piperazine rings is 1. The molecule has 0 saturated carbocycles. The predicted molar refractivity (Wildman–Crippen MR) is 111 cm³/mol. The fourth-order valence-corrected chi connectivity index (χ4v) is 3.90. The smallest absolute Gasteiger partial charge is 0.127 e. The molecule has 0 radical (unpaired) electrons. The molecule has 4 rings (SSSR count). The molecular formula is C23H28N4O. The summed E-state index contributed by atoms with van der Waals surface area (Å²) in [5, 5.41) is 3.50. The maximum Gasteiger partial charge on any atom is 0.127 e. The van der Waals surface area contributed by atoms with E-state index in [1.54, 1.807) is 0 Å². The molecule has 0 aliphatic carbocycles. The second-order valence-corrected chi connectivity index (χ2v) is 7.22. The van der Waals surface area contributed by atoms with Crippen LogP contribution in [0.15, 0.2) is 73.1 Å². The SMILES string of the molecule is Cn1ccnc1C1CNCCN1CCOC(c1ccccc1)c1ccccc1. The molecule has 1 unspecified atom stereocenters. The Kier molecular flexibility index (Phi) is 6.17. The van der Waals surface area contributed by atoms with E-state index in [1.165, 1.54) is 11.1 Å². The van der Waals surface area contributed by atoms with E-state index in [0.717, 1.165) is 32.0 Å². The highest BCUT2D eigenvalue weighted by Crippen LogP contribution is 2.26. The van der Waals surface area contributed by atoms with Gasteiger partial charge in [-0.15, -0.1) is 0 Å². The second-order valence-electron chi connectivity index (χ2n) is 7.22. The number of aromatic nitrogens is 2. The van der Waals surface area contributed by atoms with Crippen molar-refractivity contribution in [2.45, 2.75) is 12.1 Å². The molecule has 1 aliphatic rings. The van der Waals surface area contributed by atoms with Crippen molar-refractivity contribution in [1.82, 2.24) is 19.8 Å². The van der Waals surface area contributed by atoms with Crippen LogP contribution in [-0.2, 0) is 11.8 Å². The van der Waals surface area contributed by atoms with Crippen molar-refractivity contribution in [2.24, 2.45) is 7.05 Å². The lowest BCUT2D eigenvalue weighted by Gasteiger charge is -2.36. The lowest BCUT2D eigenvalue weighted by Crippen LogP contribution is -2.47. The van der Waals surface area contributed by atoms with Crippen LogP contribution >= 0.6 is 0 Å². The summed E-state index contributed by atoms with van der Waals surface area (Å²) in [6.07, 6.45) is 3.84. The zero-order valence-corrected chi connectivity index (χ0v) is 16.4. The number of nitrogens with zero attached hydrogens (tertiary/aromatic N) is 3. The molecule has 3 aromatic rings. The third-order valence-corrected chi connectivity index (χ3v) is 5.38. The van der Waals surface area contributed by atoms with Gasteiger partial charge in [-0.25, -0.2) is 4.98 Å². The molecule has 2 heterocycles. The van der Waals surface area contributed by atoms with Crippen LogP contribution in [0.1, 0.15) is 29.1 Å². The molecule has 0 amide bonds. The van der Waals surface area contributed by atoms with Gasteiger partial charge in [0.1, 0.15) is 11.9 Å². The van der Waals surface area contributed by atoms with Gasteiger partial charge in [0.25, 0.3) is 0 Å². The van der Waals surface area contributed by atoms with E-state index in [0.29, 0.717) is 6.61 Å². The molecule has 2 aromatic carbocycles. The van der Waals surface area contributed by atoms with Gasteiger partial charge >= 0.3 is 0 Å². The Morgan fingerprint density at radius 2 is 1.75 bits per heavy atom. The van der Waals surface area contributed by atoms with Crippen LogP contribution < -0.4 is 5.32 Å². The molecule has 0 spiro atoms. The second kappa shape index (κ2) is 9.15. The van der Waals surface area contributed by atoms with Gasteiger partial charge in [0.2, 0.25) is 0 Å². The van der Waals surface area contributed by atoms with E-state index in [1.807, 2.05) is 24.5 Å². The van der Waals surface area contributed by atoms with Crippen LogP contribution in [0.4, 0.5) is 0 Å². The van der Waals surface area contributed by atoms with Crippen LogP contribution in [-0.4, -0.2) is 47.2 Å². The molecule has 1 aliphatic heterocycles. The fraction of sp³-hybridized carbons (Fsp3) is 0.348.